The number of hydrogen-bond donors (Lipinski definition) is 2. The van der Waals surface area contributed by atoms with E-state index in [0.717, 1.165) is 0 Å². The SMILES string of the molecule is CCC(O)CNC(=O)CCS(=O)(=O)N1CCOCC1. The summed E-state index contributed by atoms with van der Waals surface area (Å²) in [5.41, 5.74) is 0. The molecule has 0 aromatic heterocycles. The molecule has 1 aliphatic rings. The molecule has 0 saturated carbocycles. The van der Waals surface area contributed by atoms with Gasteiger partial charge >= 0.3 is 0 Å². The molecule has 0 aromatic rings. The molecule has 1 fully saturated rings. The van der Waals surface area contributed by atoms with Crippen LogP contribution in [0.5, 0.6) is 0 Å². The number of ether oxygens (including phenoxy) is 1. The molecule has 1 amide bonds. The minimum Gasteiger partial charge on any atom is -0.391 e. The van der Waals surface area contributed by atoms with Crippen molar-refractivity contribution in [2.75, 3.05) is 38.6 Å². The summed E-state index contributed by atoms with van der Waals surface area (Å²) >= 11 is 0. The van der Waals surface area contributed by atoms with Gasteiger partial charge in [-0.3, -0.25) is 4.79 Å². The highest BCUT2D eigenvalue weighted by Crippen LogP contribution is 2.06. The highest BCUT2D eigenvalue weighted by Gasteiger charge is 2.24. The average Bonchev–Trinajstić information content (AvgIpc) is 2.43. The van der Waals surface area contributed by atoms with Crippen LogP contribution < -0.4 is 5.32 Å². The van der Waals surface area contributed by atoms with Gasteiger partial charge in [0.25, 0.3) is 0 Å². The quantitative estimate of drug-likeness (QED) is 0.623. The van der Waals surface area contributed by atoms with E-state index in [4.69, 9.17) is 4.74 Å². The van der Waals surface area contributed by atoms with Gasteiger partial charge in [0.2, 0.25) is 15.9 Å². The molecule has 1 saturated heterocycles. The van der Waals surface area contributed by atoms with Crippen molar-refractivity contribution in [3.05, 3.63) is 0 Å². The van der Waals surface area contributed by atoms with E-state index in [2.05, 4.69) is 5.32 Å². The van der Waals surface area contributed by atoms with Gasteiger partial charge in [-0.05, 0) is 6.42 Å². The van der Waals surface area contributed by atoms with E-state index in [0.29, 0.717) is 32.7 Å². The number of morpholine rings is 1. The number of rotatable bonds is 7. The Kier molecular flexibility index (Phi) is 6.70. The van der Waals surface area contributed by atoms with Crippen molar-refractivity contribution < 1.29 is 23.1 Å². The second-order valence-corrected chi connectivity index (χ2v) is 6.53. The second-order valence-electron chi connectivity index (χ2n) is 4.44. The number of aliphatic hydroxyl groups excluding tert-OH is 1. The van der Waals surface area contributed by atoms with Gasteiger partial charge in [-0.1, -0.05) is 6.92 Å². The van der Waals surface area contributed by atoms with Crippen LogP contribution in [-0.4, -0.2) is 68.4 Å². The van der Waals surface area contributed by atoms with Gasteiger partial charge < -0.3 is 15.2 Å². The third-order valence-corrected chi connectivity index (χ3v) is 4.83. The van der Waals surface area contributed by atoms with Crippen LogP contribution in [0, 0.1) is 0 Å². The van der Waals surface area contributed by atoms with E-state index < -0.39 is 16.1 Å². The molecule has 1 aliphatic heterocycles. The van der Waals surface area contributed by atoms with E-state index in [1.165, 1.54) is 4.31 Å². The van der Waals surface area contributed by atoms with Crippen LogP contribution in [0.1, 0.15) is 19.8 Å². The Labute approximate surface area is 114 Å². The molecule has 8 heteroatoms. The van der Waals surface area contributed by atoms with Gasteiger partial charge in [0.15, 0.2) is 0 Å². The van der Waals surface area contributed by atoms with E-state index in [1.54, 1.807) is 6.92 Å². The Balaban J connectivity index is 2.32. The van der Waals surface area contributed by atoms with Gasteiger partial charge in [-0.15, -0.1) is 0 Å². The van der Waals surface area contributed by atoms with Crippen LogP contribution in [0.25, 0.3) is 0 Å². The molecule has 1 unspecified atom stereocenters. The van der Waals surface area contributed by atoms with Crippen molar-refractivity contribution in [3.63, 3.8) is 0 Å². The molecule has 112 valence electrons. The average molecular weight is 294 g/mol. The maximum absolute atomic E-state index is 11.9. The summed E-state index contributed by atoms with van der Waals surface area (Å²) in [6.45, 7) is 3.45. The standard InChI is InChI=1S/C11H22N2O5S/c1-2-10(14)9-12-11(15)3-8-19(16,17)13-4-6-18-7-5-13/h10,14H,2-9H2,1H3,(H,12,15). The van der Waals surface area contributed by atoms with Crippen LogP contribution in [0.4, 0.5) is 0 Å². The zero-order chi connectivity index (χ0) is 14.3. The van der Waals surface area contributed by atoms with Gasteiger partial charge in [0.1, 0.15) is 0 Å². The van der Waals surface area contributed by atoms with Crippen molar-refractivity contribution in [1.29, 1.82) is 0 Å². The number of amides is 1. The van der Waals surface area contributed by atoms with Crippen molar-refractivity contribution in [1.82, 2.24) is 9.62 Å². The summed E-state index contributed by atoms with van der Waals surface area (Å²) in [5, 5.41) is 11.8. The molecule has 0 bridgehead atoms. The molecule has 19 heavy (non-hydrogen) atoms. The van der Waals surface area contributed by atoms with E-state index in [9.17, 15) is 18.3 Å². The van der Waals surface area contributed by atoms with Crippen molar-refractivity contribution in [2.24, 2.45) is 0 Å². The predicted molar refractivity (Wildman–Crippen MR) is 70.1 cm³/mol. The number of aliphatic hydroxyl groups is 1. The molecule has 0 radical (unpaired) electrons. The van der Waals surface area contributed by atoms with Crippen molar-refractivity contribution in [3.8, 4) is 0 Å². The van der Waals surface area contributed by atoms with Crippen LogP contribution in [0.15, 0.2) is 0 Å². The smallest absolute Gasteiger partial charge is 0.221 e. The summed E-state index contributed by atoms with van der Waals surface area (Å²) < 4.78 is 30.3. The molecular formula is C11H22N2O5S. The number of carbonyl (C=O) groups excluding carboxylic acids is 1. The molecule has 0 aliphatic carbocycles. The number of nitrogens with zero attached hydrogens (tertiary/aromatic N) is 1. The van der Waals surface area contributed by atoms with Crippen LogP contribution in [-0.2, 0) is 19.6 Å². The van der Waals surface area contributed by atoms with Crippen LogP contribution in [0.3, 0.4) is 0 Å². The number of carbonyl (C=O) groups is 1. The Hall–Kier alpha value is -0.700. The fourth-order valence-corrected chi connectivity index (χ4v) is 3.05. The molecule has 1 heterocycles. The number of sulfonamides is 1. The lowest BCUT2D eigenvalue weighted by atomic mass is 10.3. The lowest BCUT2D eigenvalue weighted by Gasteiger charge is -2.25. The highest BCUT2D eigenvalue weighted by atomic mass is 32.2. The van der Waals surface area contributed by atoms with Gasteiger partial charge in [-0.2, -0.15) is 4.31 Å². The Morgan fingerprint density at radius 3 is 2.63 bits per heavy atom. The summed E-state index contributed by atoms with van der Waals surface area (Å²) in [6, 6.07) is 0. The van der Waals surface area contributed by atoms with Crippen LogP contribution in [0.2, 0.25) is 0 Å². The van der Waals surface area contributed by atoms with Gasteiger partial charge in [-0.25, -0.2) is 8.42 Å². The maximum atomic E-state index is 11.9. The summed E-state index contributed by atoms with van der Waals surface area (Å²) in [7, 11) is -3.39. The lowest BCUT2D eigenvalue weighted by molar-refractivity contribution is -0.121. The molecular weight excluding hydrogens is 272 g/mol. The zero-order valence-corrected chi connectivity index (χ0v) is 12.0. The topological polar surface area (TPSA) is 95.9 Å². The molecule has 0 spiro atoms. The minimum absolute atomic E-state index is 0.0872. The van der Waals surface area contributed by atoms with Crippen LogP contribution >= 0.6 is 0 Å². The first-order valence-corrected chi connectivity index (χ1v) is 8.07. The normalized spacial score (nSPS) is 19.1. The molecule has 1 atom stereocenters. The minimum atomic E-state index is -3.39. The van der Waals surface area contributed by atoms with Crippen molar-refractivity contribution in [2.45, 2.75) is 25.9 Å². The zero-order valence-electron chi connectivity index (χ0n) is 11.2. The van der Waals surface area contributed by atoms with Crippen molar-refractivity contribution >= 4 is 15.9 Å². The van der Waals surface area contributed by atoms with E-state index in [1.807, 2.05) is 0 Å². The third kappa shape index (κ3) is 5.85. The largest absolute Gasteiger partial charge is 0.391 e. The summed E-state index contributed by atoms with van der Waals surface area (Å²) in [6.07, 6.45) is -0.123. The van der Waals surface area contributed by atoms with Gasteiger partial charge in [0, 0.05) is 26.1 Å². The Morgan fingerprint density at radius 1 is 1.42 bits per heavy atom. The summed E-state index contributed by atoms with van der Waals surface area (Å²) in [5.74, 6) is -0.564. The Morgan fingerprint density at radius 2 is 2.05 bits per heavy atom. The fraction of sp³-hybridized carbons (Fsp3) is 0.909. The Bertz CT molecular complexity index is 379. The highest BCUT2D eigenvalue weighted by molar-refractivity contribution is 7.89. The first-order chi connectivity index (χ1) is 8.95. The van der Waals surface area contributed by atoms with E-state index >= 15 is 0 Å². The van der Waals surface area contributed by atoms with E-state index in [-0.39, 0.29) is 24.6 Å². The third-order valence-electron chi connectivity index (χ3n) is 2.96. The second kappa shape index (κ2) is 7.78. The first kappa shape index (κ1) is 16.4. The number of nitrogens with one attached hydrogen (secondary N) is 1. The predicted octanol–water partition coefficient (Wildman–Crippen LogP) is -1.07. The maximum Gasteiger partial charge on any atom is 0.221 e. The molecule has 1 rings (SSSR count). The molecule has 0 aromatic carbocycles. The molecule has 7 nitrogen and oxygen atoms in total. The number of hydrogen-bond acceptors (Lipinski definition) is 5. The monoisotopic (exact) mass is 294 g/mol. The summed E-state index contributed by atoms with van der Waals surface area (Å²) in [4.78, 5) is 11.5. The first-order valence-electron chi connectivity index (χ1n) is 6.46. The lowest BCUT2D eigenvalue weighted by Crippen LogP contribution is -2.42. The van der Waals surface area contributed by atoms with Gasteiger partial charge in [0.05, 0.1) is 25.1 Å². The molecule has 2 N–H and O–H groups in total. The fourth-order valence-electron chi connectivity index (χ4n) is 1.64.